The Morgan fingerprint density at radius 1 is 1.45 bits per heavy atom. The Bertz CT molecular complexity index is 396. The molecule has 0 aliphatic heterocycles. The second-order valence-electron chi connectivity index (χ2n) is 2.24. The van der Waals surface area contributed by atoms with E-state index in [1.165, 1.54) is 12.1 Å². The number of nitrogens with one attached hydrogen (secondary N) is 1. The molecule has 0 bridgehead atoms. The molecule has 2 aromatic heterocycles. The number of hydrogen-bond acceptors (Lipinski definition) is 2. The summed E-state index contributed by atoms with van der Waals surface area (Å²) >= 11 is 0. The lowest BCUT2D eigenvalue weighted by atomic mass is 10.4. The monoisotopic (exact) mass is 152 g/mol. The third kappa shape index (κ3) is 0.920. The molecule has 11 heavy (non-hydrogen) atoms. The number of rotatable bonds is 0. The Kier molecular flexibility index (Phi) is 1.09. The van der Waals surface area contributed by atoms with Gasteiger partial charge in [0.15, 0.2) is 5.88 Å². The molecule has 0 saturated heterocycles. The van der Waals surface area contributed by atoms with Crippen molar-refractivity contribution in [1.82, 2.24) is 9.97 Å². The summed E-state index contributed by atoms with van der Waals surface area (Å²) in [7, 11) is 0. The van der Waals surface area contributed by atoms with E-state index < -0.39 is 5.82 Å². The number of hydrogen-bond donors (Lipinski definition) is 2. The molecular formula is C7H5FN2O. The first-order valence-corrected chi connectivity index (χ1v) is 3.09. The van der Waals surface area contributed by atoms with Gasteiger partial charge in [-0.1, -0.05) is 0 Å². The first-order valence-electron chi connectivity index (χ1n) is 3.09. The molecule has 2 heterocycles. The zero-order chi connectivity index (χ0) is 7.84. The minimum atomic E-state index is -0.417. The van der Waals surface area contributed by atoms with Crippen LogP contribution in [0.3, 0.4) is 0 Å². The third-order valence-electron chi connectivity index (χ3n) is 1.42. The summed E-state index contributed by atoms with van der Waals surface area (Å²) in [4.78, 5) is 6.29. The molecule has 4 heteroatoms. The Balaban J connectivity index is 2.82. The lowest BCUT2D eigenvalue weighted by Crippen LogP contribution is -1.77. The number of H-pyrrole nitrogens is 1. The van der Waals surface area contributed by atoms with E-state index in [-0.39, 0.29) is 5.88 Å². The van der Waals surface area contributed by atoms with Gasteiger partial charge in [0.25, 0.3) is 0 Å². The first kappa shape index (κ1) is 6.15. The number of nitrogens with zero attached hydrogens (tertiary/aromatic N) is 1. The number of pyridine rings is 1. The van der Waals surface area contributed by atoms with E-state index in [1.54, 1.807) is 0 Å². The van der Waals surface area contributed by atoms with Crippen LogP contribution in [0.25, 0.3) is 11.0 Å². The van der Waals surface area contributed by atoms with Gasteiger partial charge >= 0.3 is 0 Å². The maximum Gasteiger partial charge on any atom is 0.190 e. The summed E-state index contributed by atoms with van der Waals surface area (Å²) < 4.78 is 12.5. The second-order valence-corrected chi connectivity index (χ2v) is 2.24. The Hall–Kier alpha value is -1.58. The van der Waals surface area contributed by atoms with Crippen molar-refractivity contribution in [2.24, 2.45) is 0 Å². The van der Waals surface area contributed by atoms with Gasteiger partial charge in [-0.2, -0.15) is 0 Å². The van der Waals surface area contributed by atoms with Crippen molar-refractivity contribution in [3.63, 3.8) is 0 Å². The number of aromatic hydroxyl groups is 1. The van der Waals surface area contributed by atoms with Gasteiger partial charge in [-0.15, -0.1) is 0 Å². The molecule has 56 valence electrons. The van der Waals surface area contributed by atoms with Crippen LogP contribution in [-0.4, -0.2) is 15.1 Å². The highest BCUT2D eigenvalue weighted by molar-refractivity contribution is 5.76. The van der Waals surface area contributed by atoms with Crippen molar-refractivity contribution < 1.29 is 9.50 Å². The van der Waals surface area contributed by atoms with E-state index in [2.05, 4.69) is 9.97 Å². The zero-order valence-electron chi connectivity index (χ0n) is 5.50. The van der Waals surface area contributed by atoms with Crippen LogP contribution in [0.15, 0.2) is 18.3 Å². The highest BCUT2D eigenvalue weighted by atomic mass is 19.1. The summed E-state index contributed by atoms with van der Waals surface area (Å²) in [6.07, 6.45) is 1.11. The maximum absolute atomic E-state index is 12.5. The average Bonchev–Trinajstić information content (AvgIpc) is 2.27. The van der Waals surface area contributed by atoms with Gasteiger partial charge in [0, 0.05) is 12.1 Å². The lowest BCUT2D eigenvalue weighted by Gasteiger charge is -1.86. The fourth-order valence-electron chi connectivity index (χ4n) is 0.969. The molecule has 0 aliphatic carbocycles. The molecule has 2 aromatic rings. The molecule has 2 N–H and O–H groups in total. The number of aromatic amines is 1. The molecule has 0 aromatic carbocycles. The predicted molar refractivity (Wildman–Crippen MR) is 37.7 cm³/mol. The van der Waals surface area contributed by atoms with Crippen LogP contribution in [0.5, 0.6) is 5.88 Å². The van der Waals surface area contributed by atoms with E-state index in [0.717, 1.165) is 6.20 Å². The summed E-state index contributed by atoms with van der Waals surface area (Å²) in [6, 6.07) is 2.72. The molecule has 2 rings (SSSR count). The van der Waals surface area contributed by atoms with Crippen LogP contribution >= 0.6 is 0 Å². The van der Waals surface area contributed by atoms with Crippen LogP contribution in [0.2, 0.25) is 0 Å². The third-order valence-corrected chi connectivity index (χ3v) is 1.42. The van der Waals surface area contributed by atoms with Crippen molar-refractivity contribution in [2.75, 3.05) is 0 Å². The van der Waals surface area contributed by atoms with E-state index >= 15 is 0 Å². The molecule has 0 radical (unpaired) electrons. The van der Waals surface area contributed by atoms with Gasteiger partial charge in [0.05, 0.1) is 17.2 Å². The van der Waals surface area contributed by atoms with Crippen LogP contribution in [0.1, 0.15) is 0 Å². The summed E-state index contributed by atoms with van der Waals surface area (Å²) in [5.41, 5.74) is 1.06. The van der Waals surface area contributed by atoms with Crippen LogP contribution < -0.4 is 0 Å². The van der Waals surface area contributed by atoms with Gasteiger partial charge in [-0.05, 0) is 0 Å². The zero-order valence-corrected chi connectivity index (χ0v) is 5.50. The number of aromatic nitrogens is 2. The minimum Gasteiger partial charge on any atom is -0.495 e. The van der Waals surface area contributed by atoms with E-state index in [9.17, 15) is 4.39 Å². The molecule has 0 unspecified atom stereocenters. The van der Waals surface area contributed by atoms with Crippen molar-refractivity contribution in [3.8, 4) is 5.88 Å². The smallest absolute Gasteiger partial charge is 0.190 e. The van der Waals surface area contributed by atoms with Gasteiger partial charge in [-0.3, -0.25) is 4.98 Å². The van der Waals surface area contributed by atoms with Gasteiger partial charge in [-0.25, -0.2) is 4.39 Å². The molecule has 0 amide bonds. The standard InChI is InChI=1S/C7H5FN2O/c8-4-1-6-5(9-3-4)2-7(11)10-6/h1-3,10-11H. The first-order chi connectivity index (χ1) is 5.25. The van der Waals surface area contributed by atoms with Crippen LogP contribution in [-0.2, 0) is 0 Å². The lowest BCUT2D eigenvalue weighted by molar-refractivity contribution is 0.458. The quantitative estimate of drug-likeness (QED) is 0.599. The fourth-order valence-corrected chi connectivity index (χ4v) is 0.969. The summed E-state index contributed by atoms with van der Waals surface area (Å²) in [5, 5.41) is 8.93. The molecule has 0 spiro atoms. The van der Waals surface area contributed by atoms with E-state index in [1.807, 2.05) is 0 Å². The SMILES string of the molecule is Oc1cc2ncc(F)cc2[nH]1. The largest absolute Gasteiger partial charge is 0.495 e. The van der Waals surface area contributed by atoms with E-state index in [4.69, 9.17) is 5.11 Å². The Labute approximate surface area is 61.5 Å². The normalized spacial score (nSPS) is 10.6. The van der Waals surface area contributed by atoms with E-state index in [0.29, 0.717) is 11.0 Å². The maximum atomic E-state index is 12.5. The highest BCUT2D eigenvalue weighted by Crippen LogP contribution is 2.16. The van der Waals surface area contributed by atoms with Crippen molar-refractivity contribution in [2.45, 2.75) is 0 Å². The summed E-state index contributed by atoms with van der Waals surface area (Å²) in [5.74, 6) is -0.419. The van der Waals surface area contributed by atoms with Gasteiger partial charge < -0.3 is 10.1 Å². The van der Waals surface area contributed by atoms with Crippen molar-refractivity contribution in [3.05, 3.63) is 24.1 Å². The summed E-state index contributed by atoms with van der Waals surface area (Å²) in [6.45, 7) is 0. The molecule has 0 aliphatic rings. The highest BCUT2D eigenvalue weighted by Gasteiger charge is 2.00. The molecule has 3 nitrogen and oxygen atoms in total. The molecular weight excluding hydrogens is 147 g/mol. The number of halogens is 1. The topological polar surface area (TPSA) is 48.9 Å². The number of fused-ring (bicyclic) bond motifs is 1. The minimum absolute atomic E-state index is 0.00176. The predicted octanol–water partition coefficient (Wildman–Crippen LogP) is 1.41. The molecule has 0 atom stereocenters. The Morgan fingerprint density at radius 3 is 3.09 bits per heavy atom. The van der Waals surface area contributed by atoms with Gasteiger partial charge in [0.2, 0.25) is 0 Å². The Morgan fingerprint density at radius 2 is 2.27 bits per heavy atom. The fraction of sp³-hybridized carbons (Fsp3) is 0. The van der Waals surface area contributed by atoms with Crippen LogP contribution in [0, 0.1) is 5.82 Å². The molecule has 0 fully saturated rings. The van der Waals surface area contributed by atoms with Crippen LogP contribution in [0.4, 0.5) is 4.39 Å². The molecule has 0 saturated carbocycles. The van der Waals surface area contributed by atoms with Crippen molar-refractivity contribution >= 4 is 11.0 Å². The second kappa shape index (κ2) is 1.95. The average molecular weight is 152 g/mol. The van der Waals surface area contributed by atoms with Gasteiger partial charge in [0.1, 0.15) is 5.82 Å². The van der Waals surface area contributed by atoms with Crippen molar-refractivity contribution in [1.29, 1.82) is 0 Å².